The van der Waals surface area contributed by atoms with Crippen molar-refractivity contribution in [2.45, 2.75) is 32.4 Å². The van der Waals surface area contributed by atoms with Gasteiger partial charge in [-0.1, -0.05) is 12.1 Å². The third-order valence-corrected chi connectivity index (χ3v) is 4.36. The van der Waals surface area contributed by atoms with Gasteiger partial charge in [-0.05, 0) is 44.8 Å². The Hall–Kier alpha value is -1.26. The Morgan fingerprint density at radius 1 is 1.25 bits per heavy atom. The van der Waals surface area contributed by atoms with Gasteiger partial charge in [0.1, 0.15) is 13.2 Å². The number of hydrogen-bond acceptors (Lipinski definition) is 4. The molecule has 1 fully saturated rings. The molecule has 0 amide bonds. The van der Waals surface area contributed by atoms with Crippen molar-refractivity contribution in [3.63, 3.8) is 0 Å². The Morgan fingerprint density at radius 2 is 2.00 bits per heavy atom. The van der Waals surface area contributed by atoms with Crippen LogP contribution in [0.4, 0.5) is 0 Å². The van der Waals surface area contributed by atoms with Gasteiger partial charge in [0.15, 0.2) is 11.5 Å². The van der Waals surface area contributed by atoms with Gasteiger partial charge in [0.25, 0.3) is 0 Å². The second-order valence-electron chi connectivity index (χ2n) is 5.80. The van der Waals surface area contributed by atoms with Crippen LogP contribution >= 0.6 is 0 Å². The summed E-state index contributed by atoms with van der Waals surface area (Å²) in [6.45, 7) is 6.16. The van der Waals surface area contributed by atoms with E-state index < -0.39 is 0 Å². The SMILES string of the molecule is CC(O)C1CCN(Cc2cccc3c2OCCO3)CC1. The molecule has 0 bridgehead atoms. The van der Waals surface area contributed by atoms with Gasteiger partial charge >= 0.3 is 0 Å². The molecule has 0 saturated carbocycles. The minimum Gasteiger partial charge on any atom is -0.486 e. The van der Waals surface area contributed by atoms with Gasteiger partial charge in [-0.2, -0.15) is 0 Å². The Bertz CT molecular complexity index is 453. The van der Waals surface area contributed by atoms with Gasteiger partial charge in [0, 0.05) is 12.1 Å². The number of benzene rings is 1. The molecule has 1 unspecified atom stereocenters. The van der Waals surface area contributed by atoms with E-state index in [1.165, 1.54) is 5.56 Å². The molecule has 0 aliphatic carbocycles. The minimum absolute atomic E-state index is 0.182. The van der Waals surface area contributed by atoms with E-state index in [0.717, 1.165) is 44.0 Å². The molecular weight excluding hydrogens is 254 g/mol. The van der Waals surface area contributed by atoms with Crippen molar-refractivity contribution in [1.29, 1.82) is 0 Å². The zero-order valence-corrected chi connectivity index (χ0v) is 12.0. The summed E-state index contributed by atoms with van der Waals surface area (Å²) in [6.07, 6.45) is 1.96. The predicted octanol–water partition coefficient (Wildman–Crippen LogP) is 2.05. The molecule has 1 N–H and O–H groups in total. The molecule has 110 valence electrons. The zero-order valence-electron chi connectivity index (χ0n) is 12.0. The predicted molar refractivity (Wildman–Crippen MR) is 77.1 cm³/mol. The highest BCUT2D eigenvalue weighted by molar-refractivity contribution is 5.47. The fourth-order valence-electron chi connectivity index (χ4n) is 3.09. The van der Waals surface area contributed by atoms with Crippen molar-refractivity contribution < 1.29 is 14.6 Å². The number of hydrogen-bond donors (Lipinski definition) is 1. The summed E-state index contributed by atoms with van der Waals surface area (Å²) < 4.78 is 11.4. The molecule has 1 aromatic rings. The van der Waals surface area contributed by atoms with Crippen LogP contribution < -0.4 is 9.47 Å². The summed E-state index contributed by atoms with van der Waals surface area (Å²) >= 11 is 0. The summed E-state index contributed by atoms with van der Waals surface area (Å²) in [5.74, 6) is 2.24. The number of para-hydroxylation sites is 1. The highest BCUT2D eigenvalue weighted by atomic mass is 16.6. The molecule has 2 aliphatic heterocycles. The highest BCUT2D eigenvalue weighted by Crippen LogP contribution is 2.34. The standard InChI is InChI=1S/C16H23NO3/c1-12(18)13-5-7-17(8-6-13)11-14-3-2-4-15-16(14)20-10-9-19-15/h2-4,12-13,18H,5-11H2,1H3. The monoisotopic (exact) mass is 277 g/mol. The van der Waals surface area contributed by atoms with Crippen molar-refractivity contribution in [2.24, 2.45) is 5.92 Å². The smallest absolute Gasteiger partial charge is 0.165 e. The molecule has 0 radical (unpaired) electrons. The first-order chi connectivity index (χ1) is 9.74. The molecular formula is C16H23NO3. The Morgan fingerprint density at radius 3 is 2.75 bits per heavy atom. The third-order valence-electron chi connectivity index (χ3n) is 4.36. The summed E-state index contributed by atoms with van der Waals surface area (Å²) in [7, 11) is 0. The maximum Gasteiger partial charge on any atom is 0.165 e. The fourth-order valence-corrected chi connectivity index (χ4v) is 3.09. The van der Waals surface area contributed by atoms with Crippen molar-refractivity contribution in [3.8, 4) is 11.5 Å². The maximum atomic E-state index is 9.66. The molecule has 20 heavy (non-hydrogen) atoms. The topological polar surface area (TPSA) is 41.9 Å². The van der Waals surface area contributed by atoms with E-state index >= 15 is 0 Å². The number of piperidine rings is 1. The number of likely N-dealkylation sites (tertiary alicyclic amines) is 1. The van der Waals surface area contributed by atoms with Crippen LogP contribution in [-0.4, -0.2) is 42.4 Å². The highest BCUT2D eigenvalue weighted by Gasteiger charge is 2.24. The molecule has 1 aromatic carbocycles. The minimum atomic E-state index is -0.182. The summed E-state index contributed by atoms with van der Waals surface area (Å²) in [5, 5.41) is 9.66. The second kappa shape index (κ2) is 6.02. The van der Waals surface area contributed by atoms with Crippen LogP contribution in [0.15, 0.2) is 18.2 Å². The molecule has 1 saturated heterocycles. The lowest BCUT2D eigenvalue weighted by Crippen LogP contribution is -2.36. The molecule has 2 aliphatic rings. The number of aliphatic hydroxyl groups excluding tert-OH is 1. The molecule has 4 heteroatoms. The van der Waals surface area contributed by atoms with Crippen LogP contribution in [0.3, 0.4) is 0 Å². The normalized spacial score (nSPS) is 21.7. The van der Waals surface area contributed by atoms with Crippen LogP contribution in [0.5, 0.6) is 11.5 Å². The van der Waals surface area contributed by atoms with Crippen LogP contribution in [-0.2, 0) is 6.54 Å². The molecule has 4 nitrogen and oxygen atoms in total. The van der Waals surface area contributed by atoms with Gasteiger partial charge in [-0.3, -0.25) is 4.90 Å². The Balaban J connectivity index is 1.64. The number of fused-ring (bicyclic) bond motifs is 1. The van der Waals surface area contributed by atoms with Crippen molar-refractivity contribution >= 4 is 0 Å². The van der Waals surface area contributed by atoms with Gasteiger partial charge in [-0.15, -0.1) is 0 Å². The summed E-state index contributed by atoms with van der Waals surface area (Å²) in [6, 6.07) is 6.12. The van der Waals surface area contributed by atoms with E-state index in [-0.39, 0.29) is 6.10 Å². The number of nitrogens with zero attached hydrogens (tertiary/aromatic N) is 1. The average molecular weight is 277 g/mol. The lowest BCUT2D eigenvalue weighted by Gasteiger charge is -2.33. The Labute approximate surface area is 120 Å². The van der Waals surface area contributed by atoms with Crippen LogP contribution in [0.2, 0.25) is 0 Å². The van der Waals surface area contributed by atoms with E-state index in [1.807, 2.05) is 19.1 Å². The maximum absolute atomic E-state index is 9.66. The van der Waals surface area contributed by atoms with Gasteiger partial charge in [0.2, 0.25) is 0 Å². The first-order valence-corrected chi connectivity index (χ1v) is 7.52. The molecule has 2 heterocycles. The van der Waals surface area contributed by atoms with Gasteiger partial charge in [-0.25, -0.2) is 0 Å². The van der Waals surface area contributed by atoms with E-state index in [2.05, 4.69) is 11.0 Å². The Kier molecular flexibility index (Phi) is 4.13. The first-order valence-electron chi connectivity index (χ1n) is 7.52. The molecule has 0 aromatic heterocycles. The molecule has 0 spiro atoms. The first kappa shape index (κ1) is 13.7. The number of rotatable bonds is 3. The second-order valence-corrected chi connectivity index (χ2v) is 5.80. The van der Waals surface area contributed by atoms with Gasteiger partial charge < -0.3 is 14.6 Å². The summed E-state index contributed by atoms with van der Waals surface area (Å²) in [5.41, 5.74) is 1.21. The van der Waals surface area contributed by atoms with E-state index in [4.69, 9.17) is 9.47 Å². The van der Waals surface area contributed by atoms with Gasteiger partial charge in [0.05, 0.1) is 6.10 Å². The van der Waals surface area contributed by atoms with Crippen LogP contribution in [0, 0.1) is 5.92 Å². The fraction of sp³-hybridized carbons (Fsp3) is 0.625. The molecule has 1 atom stereocenters. The van der Waals surface area contributed by atoms with Crippen molar-refractivity contribution in [1.82, 2.24) is 4.90 Å². The largest absolute Gasteiger partial charge is 0.486 e. The number of aliphatic hydroxyl groups is 1. The van der Waals surface area contributed by atoms with Crippen molar-refractivity contribution in [2.75, 3.05) is 26.3 Å². The van der Waals surface area contributed by atoms with Crippen molar-refractivity contribution in [3.05, 3.63) is 23.8 Å². The third kappa shape index (κ3) is 2.91. The quantitative estimate of drug-likeness (QED) is 0.918. The zero-order chi connectivity index (χ0) is 13.9. The molecule has 3 rings (SSSR count). The average Bonchev–Trinajstić information content (AvgIpc) is 2.48. The van der Waals surface area contributed by atoms with E-state index in [0.29, 0.717) is 19.1 Å². The van der Waals surface area contributed by atoms with E-state index in [9.17, 15) is 5.11 Å². The lowest BCUT2D eigenvalue weighted by molar-refractivity contribution is 0.0688. The van der Waals surface area contributed by atoms with Crippen LogP contribution in [0.1, 0.15) is 25.3 Å². The lowest BCUT2D eigenvalue weighted by atomic mass is 9.92. The number of ether oxygens (including phenoxy) is 2. The van der Waals surface area contributed by atoms with E-state index in [1.54, 1.807) is 0 Å². The van der Waals surface area contributed by atoms with Crippen LogP contribution in [0.25, 0.3) is 0 Å². The summed E-state index contributed by atoms with van der Waals surface area (Å²) in [4.78, 5) is 2.44.